The molecule has 4 heterocycles. The van der Waals surface area contributed by atoms with Gasteiger partial charge in [0.25, 0.3) is 0 Å². The lowest BCUT2D eigenvalue weighted by Crippen LogP contribution is -1.99. The number of nitrogens with one attached hydrogen (secondary N) is 2. The number of thiazole rings is 1. The highest BCUT2D eigenvalue weighted by Gasteiger charge is 2.15. The Labute approximate surface area is 199 Å². The van der Waals surface area contributed by atoms with Gasteiger partial charge in [-0.25, -0.2) is 9.97 Å². The van der Waals surface area contributed by atoms with Gasteiger partial charge in [0.1, 0.15) is 17.1 Å². The van der Waals surface area contributed by atoms with Gasteiger partial charge in [-0.2, -0.15) is 0 Å². The van der Waals surface area contributed by atoms with Gasteiger partial charge < -0.3 is 21.1 Å². The lowest BCUT2D eigenvalue weighted by molar-refractivity contribution is 0.414. The zero-order valence-corrected chi connectivity index (χ0v) is 19.8. The van der Waals surface area contributed by atoms with Crippen molar-refractivity contribution in [1.82, 2.24) is 14.4 Å². The van der Waals surface area contributed by atoms with E-state index in [1.807, 2.05) is 71.4 Å². The number of fused-ring (bicyclic) bond motifs is 1. The van der Waals surface area contributed by atoms with Crippen molar-refractivity contribution in [3.63, 3.8) is 0 Å². The molecule has 33 heavy (non-hydrogen) atoms. The van der Waals surface area contributed by atoms with Crippen LogP contribution in [0.3, 0.4) is 0 Å². The summed E-state index contributed by atoms with van der Waals surface area (Å²) in [5.74, 6) is 0.777. The molecule has 0 aliphatic heterocycles. The summed E-state index contributed by atoms with van der Waals surface area (Å²) in [6, 6.07) is 15.5. The van der Waals surface area contributed by atoms with Crippen molar-refractivity contribution >= 4 is 55.5 Å². The van der Waals surface area contributed by atoms with Crippen LogP contribution >= 0.6 is 22.7 Å². The third-order valence-electron chi connectivity index (χ3n) is 5.13. The second kappa shape index (κ2) is 8.61. The SMILES string of the molecule is C=C(Nc1ccccc1N)c1ccc(Nc2nc(-c3c(C)nc4cc(OC)ccn34)cs2)s1. The van der Waals surface area contributed by atoms with E-state index in [9.17, 15) is 0 Å². The Morgan fingerprint density at radius 1 is 1.15 bits per heavy atom. The lowest BCUT2D eigenvalue weighted by Gasteiger charge is -2.10. The van der Waals surface area contributed by atoms with E-state index in [0.29, 0.717) is 5.69 Å². The second-order valence-electron chi connectivity index (χ2n) is 7.36. The molecule has 5 aromatic rings. The fraction of sp³-hybridized carbons (Fsp3) is 0.0833. The highest BCUT2D eigenvalue weighted by molar-refractivity contribution is 7.18. The maximum atomic E-state index is 6.02. The summed E-state index contributed by atoms with van der Waals surface area (Å²) >= 11 is 3.15. The molecule has 5 rings (SSSR count). The van der Waals surface area contributed by atoms with Crippen LogP contribution in [-0.4, -0.2) is 21.5 Å². The molecule has 4 N–H and O–H groups in total. The molecular formula is C24H22N6OS2. The number of nitrogens with two attached hydrogens (primary N) is 1. The summed E-state index contributed by atoms with van der Waals surface area (Å²) in [4.78, 5) is 10.5. The van der Waals surface area contributed by atoms with Crippen molar-refractivity contribution in [3.05, 3.63) is 77.3 Å². The number of ether oxygens (including phenoxy) is 1. The van der Waals surface area contributed by atoms with Crippen LogP contribution in [0.4, 0.5) is 21.5 Å². The number of aryl methyl sites for hydroxylation is 1. The minimum atomic E-state index is 0.685. The fourth-order valence-electron chi connectivity index (χ4n) is 3.53. The van der Waals surface area contributed by atoms with E-state index in [1.165, 1.54) is 0 Å². The Balaban J connectivity index is 1.34. The van der Waals surface area contributed by atoms with Crippen molar-refractivity contribution < 1.29 is 4.74 Å². The summed E-state index contributed by atoms with van der Waals surface area (Å²) < 4.78 is 7.35. The molecule has 0 aliphatic rings. The number of thiophene rings is 1. The van der Waals surface area contributed by atoms with Crippen LogP contribution in [0.5, 0.6) is 5.75 Å². The maximum absolute atomic E-state index is 6.02. The fourth-order valence-corrected chi connectivity index (χ4v) is 5.13. The van der Waals surface area contributed by atoms with Crippen LogP contribution in [0.1, 0.15) is 10.6 Å². The average Bonchev–Trinajstić information content (AvgIpc) is 3.53. The Morgan fingerprint density at radius 2 is 2.00 bits per heavy atom. The highest BCUT2D eigenvalue weighted by atomic mass is 32.1. The van der Waals surface area contributed by atoms with E-state index in [1.54, 1.807) is 29.8 Å². The number of rotatable bonds is 7. The van der Waals surface area contributed by atoms with Crippen LogP contribution in [0.15, 0.2) is 66.7 Å². The standard InChI is InChI=1S/C24H22N6OS2/c1-14(26-18-7-5-4-6-17(18)25)20-8-9-22(33-20)29-24-28-19(13-32-24)23-15(2)27-21-12-16(31-3)10-11-30(21)23/h4-13,26H,1,25H2,2-3H3,(H,28,29). The first kappa shape index (κ1) is 21.0. The summed E-state index contributed by atoms with van der Waals surface area (Å²) in [5.41, 5.74) is 11.9. The number of nitrogen functional groups attached to an aromatic ring is 1. The van der Waals surface area contributed by atoms with Crippen molar-refractivity contribution in [1.29, 1.82) is 0 Å². The van der Waals surface area contributed by atoms with Gasteiger partial charge in [0, 0.05) is 23.3 Å². The van der Waals surface area contributed by atoms with Gasteiger partial charge in [0.15, 0.2) is 5.13 Å². The number of hydrogen-bond donors (Lipinski definition) is 3. The first-order valence-electron chi connectivity index (χ1n) is 10.2. The summed E-state index contributed by atoms with van der Waals surface area (Å²) in [7, 11) is 1.65. The molecule has 0 unspecified atom stereocenters. The Kier molecular flexibility index (Phi) is 5.49. The minimum absolute atomic E-state index is 0.685. The predicted octanol–water partition coefficient (Wildman–Crippen LogP) is 6.24. The van der Waals surface area contributed by atoms with Crippen molar-refractivity contribution in [2.24, 2.45) is 0 Å². The minimum Gasteiger partial charge on any atom is -0.497 e. The summed E-state index contributed by atoms with van der Waals surface area (Å²) in [6.45, 7) is 6.15. The average molecular weight is 475 g/mol. The van der Waals surface area contributed by atoms with E-state index in [-0.39, 0.29) is 0 Å². The molecule has 4 aromatic heterocycles. The molecule has 1 aromatic carbocycles. The van der Waals surface area contributed by atoms with E-state index >= 15 is 0 Å². The molecule has 0 amide bonds. The van der Waals surface area contributed by atoms with Gasteiger partial charge in [-0.15, -0.1) is 22.7 Å². The van der Waals surface area contributed by atoms with Gasteiger partial charge in [-0.05, 0) is 37.3 Å². The number of methoxy groups -OCH3 is 1. The van der Waals surface area contributed by atoms with Gasteiger partial charge in [-0.3, -0.25) is 4.40 Å². The number of anilines is 4. The van der Waals surface area contributed by atoms with E-state index < -0.39 is 0 Å². The Bertz CT molecular complexity index is 1460. The van der Waals surface area contributed by atoms with E-state index in [4.69, 9.17) is 15.5 Å². The lowest BCUT2D eigenvalue weighted by atomic mass is 10.2. The predicted molar refractivity (Wildman–Crippen MR) is 139 cm³/mol. The first-order valence-corrected chi connectivity index (χ1v) is 11.9. The largest absolute Gasteiger partial charge is 0.497 e. The molecule has 7 nitrogen and oxygen atoms in total. The first-order chi connectivity index (χ1) is 16.0. The summed E-state index contributed by atoms with van der Waals surface area (Å²) in [6.07, 6.45) is 1.96. The third-order valence-corrected chi connectivity index (χ3v) is 6.95. The van der Waals surface area contributed by atoms with E-state index in [0.717, 1.165) is 54.9 Å². The van der Waals surface area contributed by atoms with Crippen LogP contribution in [0.2, 0.25) is 0 Å². The molecule has 0 spiro atoms. The van der Waals surface area contributed by atoms with Gasteiger partial charge in [0.2, 0.25) is 0 Å². The van der Waals surface area contributed by atoms with Gasteiger partial charge >= 0.3 is 0 Å². The number of aromatic nitrogens is 3. The van der Waals surface area contributed by atoms with Crippen molar-refractivity contribution in [3.8, 4) is 17.1 Å². The molecule has 0 bridgehead atoms. The topological polar surface area (TPSA) is 89.5 Å². The quantitative estimate of drug-likeness (QED) is 0.242. The normalized spacial score (nSPS) is 11.0. The van der Waals surface area contributed by atoms with Crippen LogP contribution in [0, 0.1) is 6.92 Å². The monoisotopic (exact) mass is 474 g/mol. The maximum Gasteiger partial charge on any atom is 0.188 e. The molecule has 0 saturated carbocycles. The van der Waals surface area contributed by atoms with Crippen LogP contribution in [-0.2, 0) is 0 Å². The Hall–Kier alpha value is -3.82. The molecule has 0 atom stereocenters. The second-order valence-corrected chi connectivity index (χ2v) is 9.30. The van der Waals surface area contributed by atoms with Crippen LogP contribution < -0.4 is 21.1 Å². The van der Waals surface area contributed by atoms with E-state index in [2.05, 4.69) is 22.2 Å². The molecule has 166 valence electrons. The number of pyridine rings is 1. The van der Waals surface area contributed by atoms with Crippen molar-refractivity contribution in [2.75, 3.05) is 23.5 Å². The number of benzene rings is 1. The number of hydrogen-bond acceptors (Lipinski definition) is 8. The van der Waals surface area contributed by atoms with Gasteiger partial charge in [-0.1, -0.05) is 18.7 Å². The smallest absolute Gasteiger partial charge is 0.188 e. The molecule has 0 radical (unpaired) electrons. The molecule has 0 aliphatic carbocycles. The van der Waals surface area contributed by atoms with Gasteiger partial charge in [0.05, 0.1) is 39.8 Å². The zero-order chi connectivity index (χ0) is 22.9. The summed E-state index contributed by atoms with van der Waals surface area (Å²) in [5, 5.41) is 10.5. The Morgan fingerprint density at radius 3 is 2.82 bits per heavy atom. The molecular weight excluding hydrogens is 452 g/mol. The molecule has 9 heteroatoms. The number of imidazole rings is 1. The number of nitrogens with zero attached hydrogens (tertiary/aromatic N) is 3. The highest BCUT2D eigenvalue weighted by Crippen LogP contribution is 2.34. The van der Waals surface area contributed by atoms with Crippen LogP contribution in [0.25, 0.3) is 22.7 Å². The van der Waals surface area contributed by atoms with Crippen molar-refractivity contribution in [2.45, 2.75) is 6.92 Å². The zero-order valence-electron chi connectivity index (χ0n) is 18.1. The third kappa shape index (κ3) is 4.15. The molecule has 0 fully saturated rings. The molecule has 0 saturated heterocycles. The number of para-hydroxylation sites is 2.